The highest BCUT2D eigenvalue weighted by Crippen LogP contribution is 2.27. The van der Waals surface area contributed by atoms with Crippen molar-refractivity contribution in [1.82, 2.24) is 0 Å². The maximum absolute atomic E-state index is 12.3. The number of amides is 1. The number of ether oxygens (including phenoxy) is 1. The first kappa shape index (κ1) is 16.0. The molecule has 0 bridgehead atoms. The van der Waals surface area contributed by atoms with Crippen LogP contribution in [0.15, 0.2) is 30.4 Å². The second kappa shape index (κ2) is 6.89. The molecule has 0 spiro atoms. The number of esters is 1. The fraction of sp³-hybridized carbons (Fsp3) is 0.375. The van der Waals surface area contributed by atoms with Crippen molar-refractivity contribution in [2.45, 2.75) is 33.7 Å². The van der Waals surface area contributed by atoms with Gasteiger partial charge in [0.1, 0.15) is 6.04 Å². The minimum Gasteiger partial charge on any atom is -0.467 e. The first-order valence-corrected chi connectivity index (χ1v) is 6.54. The molecule has 0 aliphatic heterocycles. The number of carbonyl (C=O) groups is 2. The minimum atomic E-state index is -0.677. The number of methoxy groups -OCH3 is 1. The summed E-state index contributed by atoms with van der Waals surface area (Å²) in [4.78, 5) is 25.6. The maximum Gasteiger partial charge on any atom is 0.328 e. The fourth-order valence-electron chi connectivity index (χ4n) is 2.18. The number of allylic oxidation sites excluding steroid dienone is 1. The molecule has 1 atom stereocenters. The molecule has 0 saturated carbocycles. The van der Waals surface area contributed by atoms with Crippen molar-refractivity contribution in [2.24, 2.45) is 0 Å². The van der Waals surface area contributed by atoms with Crippen molar-refractivity contribution in [2.75, 3.05) is 12.0 Å². The predicted molar refractivity (Wildman–Crippen MR) is 79.7 cm³/mol. The topological polar surface area (TPSA) is 46.6 Å². The minimum absolute atomic E-state index is 0.234. The van der Waals surface area contributed by atoms with Crippen LogP contribution >= 0.6 is 0 Å². The molecule has 4 nitrogen and oxygen atoms in total. The van der Waals surface area contributed by atoms with Gasteiger partial charge in [-0.15, -0.1) is 0 Å². The van der Waals surface area contributed by atoms with Gasteiger partial charge in [-0.2, -0.15) is 0 Å². The predicted octanol–water partition coefficient (Wildman–Crippen LogP) is 2.77. The lowest BCUT2D eigenvalue weighted by Crippen LogP contribution is -2.44. The number of hydrogen-bond donors (Lipinski definition) is 0. The van der Waals surface area contributed by atoms with Crippen LogP contribution in [-0.2, 0) is 14.3 Å². The quantitative estimate of drug-likeness (QED) is 0.627. The van der Waals surface area contributed by atoms with Crippen molar-refractivity contribution >= 4 is 17.6 Å². The van der Waals surface area contributed by atoms with Crippen LogP contribution in [0, 0.1) is 13.8 Å². The molecule has 1 amide bonds. The Balaban J connectivity index is 3.38. The summed E-state index contributed by atoms with van der Waals surface area (Å²) in [5.41, 5.74) is 2.64. The molecular weight excluding hydrogens is 254 g/mol. The number of para-hydroxylation sites is 1. The Bertz CT molecular complexity index is 514. The van der Waals surface area contributed by atoms with Crippen LogP contribution in [0.2, 0.25) is 0 Å². The summed E-state index contributed by atoms with van der Waals surface area (Å²) in [7, 11) is 1.32. The SMILES string of the molecule is CC=CC(=O)N(c1c(C)cccc1C)[C@@H](C)C(=O)OC. The van der Waals surface area contributed by atoms with Gasteiger partial charge in [0.05, 0.1) is 12.8 Å². The Morgan fingerprint density at radius 1 is 1.25 bits per heavy atom. The van der Waals surface area contributed by atoms with Crippen LogP contribution in [0.5, 0.6) is 0 Å². The Morgan fingerprint density at radius 2 is 1.80 bits per heavy atom. The van der Waals surface area contributed by atoms with E-state index < -0.39 is 12.0 Å². The molecule has 0 aromatic heterocycles. The highest BCUT2D eigenvalue weighted by molar-refractivity contribution is 6.06. The average molecular weight is 275 g/mol. The van der Waals surface area contributed by atoms with E-state index in [1.807, 2.05) is 32.0 Å². The number of nitrogens with zero attached hydrogens (tertiary/aromatic N) is 1. The molecule has 0 aliphatic carbocycles. The molecule has 0 radical (unpaired) electrons. The van der Waals surface area contributed by atoms with Crippen molar-refractivity contribution in [3.63, 3.8) is 0 Å². The molecule has 0 unspecified atom stereocenters. The Hall–Kier alpha value is -2.10. The van der Waals surface area contributed by atoms with Gasteiger partial charge in [-0.25, -0.2) is 4.79 Å². The van der Waals surface area contributed by atoms with Gasteiger partial charge >= 0.3 is 5.97 Å². The molecular formula is C16H21NO3. The molecule has 1 aromatic carbocycles. The third-order valence-corrected chi connectivity index (χ3v) is 3.16. The van der Waals surface area contributed by atoms with Gasteiger partial charge in [-0.1, -0.05) is 24.3 Å². The molecule has 108 valence electrons. The zero-order valence-electron chi connectivity index (χ0n) is 12.6. The summed E-state index contributed by atoms with van der Waals surface area (Å²) in [6.07, 6.45) is 3.11. The van der Waals surface area contributed by atoms with Crippen molar-refractivity contribution in [3.8, 4) is 0 Å². The lowest BCUT2D eigenvalue weighted by Gasteiger charge is -2.29. The van der Waals surface area contributed by atoms with Gasteiger partial charge in [0.15, 0.2) is 0 Å². The summed E-state index contributed by atoms with van der Waals surface area (Å²) >= 11 is 0. The van der Waals surface area contributed by atoms with Gasteiger partial charge in [-0.05, 0) is 44.9 Å². The second-order valence-corrected chi connectivity index (χ2v) is 4.65. The number of carbonyl (C=O) groups excluding carboxylic acids is 2. The van der Waals surface area contributed by atoms with E-state index >= 15 is 0 Å². The monoisotopic (exact) mass is 275 g/mol. The number of anilines is 1. The smallest absolute Gasteiger partial charge is 0.328 e. The first-order chi connectivity index (χ1) is 9.43. The van der Waals surface area contributed by atoms with Crippen molar-refractivity contribution in [1.29, 1.82) is 0 Å². The van der Waals surface area contributed by atoms with Crippen molar-refractivity contribution < 1.29 is 14.3 Å². The molecule has 4 heteroatoms. The van der Waals surface area contributed by atoms with Gasteiger partial charge in [0, 0.05) is 0 Å². The van der Waals surface area contributed by atoms with Crippen LogP contribution in [0.4, 0.5) is 5.69 Å². The standard InChI is InChI=1S/C16H21NO3/c1-6-8-14(18)17(13(4)16(19)20-5)15-11(2)9-7-10-12(15)3/h6-10,13H,1-5H3/t13-/m0/s1. The van der Waals surface area contributed by atoms with E-state index in [1.165, 1.54) is 18.1 Å². The maximum atomic E-state index is 12.3. The Kier molecular flexibility index (Phi) is 5.50. The van der Waals surface area contributed by atoms with E-state index in [9.17, 15) is 9.59 Å². The lowest BCUT2D eigenvalue weighted by molar-refractivity contribution is -0.142. The summed E-state index contributed by atoms with van der Waals surface area (Å²) in [5.74, 6) is -0.673. The number of benzene rings is 1. The number of aryl methyl sites for hydroxylation is 2. The molecule has 0 heterocycles. The highest BCUT2D eigenvalue weighted by atomic mass is 16.5. The Labute approximate surface area is 120 Å². The molecule has 20 heavy (non-hydrogen) atoms. The van der Waals surface area contributed by atoms with Crippen LogP contribution in [0.3, 0.4) is 0 Å². The molecule has 1 rings (SSSR count). The van der Waals surface area contributed by atoms with E-state index in [4.69, 9.17) is 4.74 Å². The van der Waals surface area contributed by atoms with Crippen LogP contribution < -0.4 is 4.90 Å². The molecule has 0 aliphatic rings. The first-order valence-electron chi connectivity index (χ1n) is 6.54. The largest absolute Gasteiger partial charge is 0.467 e. The summed E-state index contributed by atoms with van der Waals surface area (Å²) in [6, 6.07) is 5.09. The van der Waals surface area contributed by atoms with Crippen LogP contribution in [0.1, 0.15) is 25.0 Å². The van der Waals surface area contributed by atoms with E-state index in [0.717, 1.165) is 16.8 Å². The lowest BCUT2D eigenvalue weighted by atomic mass is 10.1. The molecule has 0 fully saturated rings. The normalized spacial score (nSPS) is 12.2. The van der Waals surface area contributed by atoms with Gasteiger partial charge < -0.3 is 4.74 Å². The van der Waals surface area contributed by atoms with E-state index in [2.05, 4.69) is 0 Å². The van der Waals surface area contributed by atoms with Gasteiger partial charge in [-0.3, -0.25) is 9.69 Å². The van der Waals surface area contributed by atoms with Crippen molar-refractivity contribution in [3.05, 3.63) is 41.5 Å². The second-order valence-electron chi connectivity index (χ2n) is 4.65. The molecule has 0 N–H and O–H groups in total. The van der Waals surface area contributed by atoms with E-state index in [-0.39, 0.29) is 5.91 Å². The van der Waals surface area contributed by atoms with Crippen LogP contribution in [0.25, 0.3) is 0 Å². The highest BCUT2D eigenvalue weighted by Gasteiger charge is 2.28. The zero-order chi connectivity index (χ0) is 15.3. The third-order valence-electron chi connectivity index (χ3n) is 3.16. The number of rotatable bonds is 4. The average Bonchev–Trinajstić information content (AvgIpc) is 2.41. The summed E-state index contributed by atoms with van der Waals surface area (Å²) in [5, 5.41) is 0. The van der Waals surface area contributed by atoms with Gasteiger partial charge in [0.25, 0.3) is 5.91 Å². The number of hydrogen-bond acceptors (Lipinski definition) is 3. The summed E-state index contributed by atoms with van der Waals surface area (Å²) in [6.45, 7) is 7.27. The zero-order valence-corrected chi connectivity index (χ0v) is 12.6. The molecule has 1 aromatic rings. The Morgan fingerprint density at radius 3 is 2.25 bits per heavy atom. The molecule has 0 saturated heterocycles. The summed E-state index contributed by atoms with van der Waals surface area (Å²) < 4.78 is 4.77. The third kappa shape index (κ3) is 3.26. The van der Waals surface area contributed by atoms with Crippen LogP contribution in [-0.4, -0.2) is 25.0 Å². The van der Waals surface area contributed by atoms with E-state index in [1.54, 1.807) is 19.9 Å². The van der Waals surface area contributed by atoms with E-state index in [0.29, 0.717) is 0 Å². The fourth-order valence-corrected chi connectivity index (χ4v) is 2.18. The van der Waals surface area contributed by atoms with Gasteiger partial charge in [0.2, 0.25) is 0 Å².